The Morgan fingerprint density at radius 2 is 1.81 bits per heavy atom. The molecular weight excluding hydrogens is 240 g/mol. The van der Waals surface area contributed by atoms with Crippen LogP contribution in [0.3, 0.4) is 0 Å². The van der Waals surface area contributed by atoms with E-state index in [1.165, 1.54) is 0 Å². The van der Waals surface area contributed by atoms with Gasteiger partial charge in [0.05, 0.1) is 6.04 Å². The van der Waals surface area contributed by atoms with Gasteiger partial charge in [-0.3, -0.25) is 4.55 Å². The van der Waals surface area contributed by atoms with Crippen molar-refractivity contribution in [3.05, 3.63) is 0 Å². The fourth-order valence-electron chi connectivity index (χ4n) is 2.18. The summed E-state index contributed by atoms with van der Waals surface area (Å²) in [6, 6.07) is -1.49. The summed E-state index contributed by atoms with van der Waals surface area (Å²) < 4.78 is 56.2. The van der Waals surface area contributed by atoms with Crippen LogP contribution in [-0.4, -0.2) is 30.7 Å². The van der Waals surface area contributed by atoms with Crippen LogP contribution < -0.4 is 5.73 Å². The molecule has 0 aromatic carbocycles. The lowest BCUT2D eigenvalue weighted by Crippen LogP contribution is -2.50. The fraction of sp³-hybridized carbons (Fsp3) is 1.00. The van der Waals surface area contributed by atoms with E-state index in [-0.39, 0.29) is 5.92 Å². The Hall–Kier alpha value is -0.270. The van der Waals surface area contributed by atoms with Gasteiger partial charge in [-0.2, -0.15) is 8.42 Å². The molecule has 0 radical (unpaired) electrons. The predicted molar refractivity (Wildman–Crippen MR) is 55.9 cm³/mol. The Kier molecular flexibility index (Phi) is 4.25. The summed E-state index contributed by atoms with van der Waals surface area (Å²) >= 11 is 0. The topological polar surface area (TPSA) is 80.4 Å². The zero-order chi connectivity index (χ0) is 12.4. The summed E-state index contributed by atoms with van der Waals surface area (Å²) in [4.78, 5) is 0. The first-order valence-electron chi connectivity index (χ1n) is 5.31. The van der Waals surface area contributed by atoms with Gasteiger partial charge in [0, 0.05) is 0 Å². The van der Waals surface area contributed by atoms with Crippen LogP contribution in [0.5, 0.6) is 0 Å². The van der Waals surface area contributed by atoms with E-state index >= 15 is 0 Å². The van der Waals surface area contributed by atoms with Crippen LogP contribution in [0.15, 0.2) is 0 Å². The molecule has 0 saturated heterocycles. The van der Waals surface area contributed by atoms with Gasteiger partial charge < -0.3 is 5.73 Å². The molecule has 0 aromatic rings. The molecule has 4 nitrogen and oxygen atoms in total. The molecule has 0 spiro atoms. The van der Waals surface area contributed by atoms with E-state index in [4.69, 9.17) is 10.3 Å². The molecule has 0 aliphatic heterocycles. The third-order valence-electron chi connectivity index (χ3n) is 3.02. The second kappa shape index (κ2) is 4.93. The molecule has 1 rings (SSSR count). The van der Waals surface area contributed by atoms with Crippen LogP contribution in [0.2, 0.25) is 0 Å². The van der Waals surface area contributed by atoms with Crippen LogP contribution in [0.1, 0.15) is 32.1 Å². The minimum Gasteiger partial charge on any atom is -0.322 e. The summed E-state index contributed by atoms with van der Waals surface area (Å²) in [6.45, 7) is 0. The number of rotatable bonds is 4. The second-order valence-corrected chi connectivity index (χ2v) is 5.86. The fourth-order valence-corrected chi connectivity index (χ4v) is 2.86. The van der Waals surface area contributed by atoms with Crippen LogP contribution in [-0.2, 0) is 10.1 Å². The molecule has 1 fully saturated rings. The van der Waals surface area contributed by atoms with E-state index in [0.717, 1.165) is 19.3 Å². The highest BCUT2D eigenvalue weighted by Gasteiger charge is 2.45. The molecule has 7 heteroatoms. The minimum atomic E-state index is -4.70. The van der Waals surface area contributed by atoms with Gasteiger partial charge in [-0.05, 0) is 18.8 Å². The van der Waals surface area contributed by atoms with Crippen molar-refractivity contribution >= 4 is 10.1 Å². The van der Waals surface area contributed by atoms with Gasteiger partial charge in [-0.15, -0.1) is 0 Å². The highest BCUT2D eigenvalue weighted by molar-refractivity contribution is 7.85. The zero-order valence-electron chi connectivity index (χ0n) is 8.90. The SMILES string of the molecule is N[C@@H](C1CCCCC1)C(F)(F)CS(=O)(=O)O. The van der Waals surface area contributed by atoms with Crippen LogP contribution in [0.25, 0.3) is 0 Å². The molecule has 1 aliphatic carbocycles. The quantitative estimate of drug-likeness (QED) is 0.746. The minimum absolute atomic E-state index is 0.356. The molecule has 16 heavy (non-hydrogen) atoms. The first-order chi connectivity index (χ1) is 7.22. The first kappa shape index (κ1) is 13.8. The molecule has 96 valence electrons. The van der Waals surface area contributed by atoms with E-state index in [0.29, 0.717) is 12.8 Å². The van der Waals surface area contributed by atoms with Crippen LogP contribution in [0, 0.1) is 5.92 Å². The Labute approximate surface area is 94.0 Å². The Morgan fingerprint density at radius 1 is 1.31 bits per heavy atom. The Morgan fingerprint density at radius 3 is 2.25 bits per heavy atom. The molecule has 3 N–H and O–H groups in total. The summed E-state index contributed by atoms with van der Waals surface area (Å²) in [6.07, 6.45) is 3.90. The standard InChI is InChI=1S/C9H17F2NO3S/c10-9(11,6-16(13,14)15)8(12)7-4-2-1-3-5-7/h7-8H,1-6,12H2,(H,13,14,15)/t8-/m0/s1. The molecule has 0 unspecified atom stereocenters. The van der Waals surface area contributed by atoms with Crippen molar-refractivity contribution in [2.75, 3.05) is 5.75 Å². The molecule has 0 bridgehead atoms. The molecule has 1 saturated carbocycles. The third kappa shape index (κ3) is 3.95. The van der Waals surface area contributed by atoms with E-state index in [1.807, 2.05) is 0 Å². The van der Waals surface area contributed by atoms with Gasteiger partial charge in [0.15, 0.2) is 0 Å². The lowest BCUT2D eigenvalue weighted by molar-refractivity contribution is -0.0274. The summed E-state index contributed by atoms with van der Waals surface area (Å²) in [7, 11) is -4.70. The predicted octanol–water partition coefficient (Wildman–Crippen LogP) is 1.42. The van der Waals surface area contributed by atoms with Gasteiger partial charge in [-0.25, -0.2) is 8.78 Å². The van der Waals surface area contributed by atoms with Gasteiger partial charge in [0.25, 0.3) is 16.0 Å². The van der Waals surface area contributed by atoms with Gasteiger partial charge >= 0.3 is 0 Å². The van der Waals surface area contributed by atoms with Gasteiger partial charge in [-0.1, -0.05) is 19.3 Å². The van der Waals surface area contributed by atoms with Crippen molar-refractivity contribution < 1.29 is 21.8 Å². The van der Waals surface area contributed by atoms with Crippen molar-refractivity contribution in [2.45, 2.75) is 44.1 Å². The summed E-state index contributed by atoms with van der Waals surface area (Å²) in [5.74, 6) is -5.50. The lowest BCUT2D eigenvalue weighted by Gasteiger charge is -2.32. The zero-order valence-corrected chi connectivity index (χ0v) is 9.72. The molecule has 0 aromatic heterocycles. The van der Waals surface area contributed by atoms with Gasteiger partial charge in [0.1, 0.15) is 5.75 Å². The average molecular weight is 257 g/mol. The first-order valence-corrected chi connectivity index (χ1v) is 6.92. The van der Waals surface area contributed by atoms with Crippen LogP contribution in [0.4, 0.5) is 8.78 Å². The van der Waals surface area contributed by atoms with E-state index < -0.39 is 27.8 Å². The van der Waals surface area contributed by atoms with Gasteiger partial charge in [0.2, 0.25) is 0 Å². The molecular formula is C9H17F2NO3S. The molecule has 0 heterocycles. The normalized spacial score (nSPS) is 22.0. The largest absolute Gasteiger partial charge is 0.322 e. The number of halogens is 2. The number of alkyl halides is 2. The third-order valence-corrected chi connectivity index (χ3v) is 3.77. The maximum Gasteiger partial charge on any atom is 0.279 e. The Bertz CT molecular complexity index is 326. The van der Waals surface area contributed by atoms with Crippen molar-refractivity contribution in [2.24, 2.45) is 11.7 Å². The number of nitrogens with two attached hydrogens (primary N) is 1. The summed E-state index contributed by atoms with van der Waals surface area (Å²) in [5.41, 5.74) is 5.41. The number of hydrogen-bond acceptors (Lipinski definition) is 3. The molecule has 0 amide bonds. The second-order valence-electron chi connectivity index (χ2n) is 4.41. The average Bonchev–Trinajstić information content (AvgIpc) is 2.14. The van der Waals surface area contributed by atoms with E-state index in [9.17, 15) is 17.2 Å². The summed E-state index contributed by atoms with van der Waals surface area (Å²) in [5, 5.41) is 0. The molecule has 1 aliphatic rings. The molecule has 1 atom stereocenters. The van der Waals surface area contributed by atoms with Crippen molar-refractivity contribution in [3.8, 4) is 0 Å². The van der Waals surface area contributed by atoms with E-state index in [1.54, 1.807) is 0 Å². The highest BCUT2D eigenvalue weighted by atomic mass is 32.2. The highest BCUT2D eigenvalue weighted by Crippen LogP contribution is 2.33. The monoisotopic (exact) mass is 257 g/mol. The van der Waals surface area contributed by atoms with Crippen LogP contribution >= 0.6 is 0 Å². The Balaban J connectivity index is 2.66. The lowest BCUT2D eigenvalue weighted by atomic mass is 9.82. The van der Waals surface area contributed by atoms with Crippen molar-refractivity contribution in [1.29, 1.82) is 0 Å². The number of hydrogen-bond donors (Lipinski definition) is 2. The maximum atomic E-state index is 13.4. The van der Waals surface area contributed by atoms with Crippen molar-refractivity contribution in [3.63, 3.8) is 0 Å². The smallest absolute Gasteiger partial charge is 0.279 e. The maximum absolute atomic E-state index is 13.4. The van der Waals surface area contributed by atoms with E-state index in [2.05, 4.69) is 0 Å². The van der Waals surface area contributed by atoms with Crippen molar-refractivity contribution in [1.82, 2.24) is 0 Å².